The van der Waals surface area contributed by atoms with Gasteiger partial charge in [-0.05, 0) is 29.8 Å². The zero-order valence-corrected chi connectivity index (χ0v) is 18.7. The first-order valence-electron chi connectivity index (χ1n) is 9.83. The second-order valence-electron chi connectivity index (χ2n) is 7.15. The standard InChI is InChI=1S/C22H22N4O3S2/c1-29-20-8-6-17(7-9-20)14-19-16-30-22(24-19)25-10-12-26(13-11-25)31(27,28)21-5-3-2-4-18(21)15-23/h2-9,16H,10-14H2,1H3. The summed E-state index contributed by atoms with van der Waals surface area (Å²) < 4.78 is 32.6. The van der Waals surface area contributed by atoms with Crippen molar-refractivity contribution in [3.63, 3.8) is 0 Å². The molecule has 2 heterocycles. The van der Waals surface area contributed by atoms with Crippen molar-refractivity contribution in [3.05, 3.63) is 70.7 Å². The predicted octanol–water partition coefficient (Wildman–Crippen LogP) is 3.13. The highest BCUT2D eigenvalue weighted by molar-refractivity contribution is 7.89. The first-order chi connectivity index (χ1) is 15.0. The molecule has 0 spiro atoms. The van der Waals surface area contributed by atoms with Crippen molar-refractivity contribution in [1.29, 1.82) is 5.26 Å². The summed E-state index contributed by atoms with van der Waals surface area (Å²) in [4.78, 5) is 6.93. The van der Waals surface area contributed by atoms with Gasteiger partial charge in [-0.15, -0.1) is 11.3 Å². The van der Waals surface area contributed by atoms with Crippen LogP contribution in [0.4, 0.5) is 5.13 Å². The lowest BCUT2D eigenvalue weighted by molar-refractivity contribution is 0.384. The Hall–Kier alpha value is -2.93. The normalized spacial score (nSPS) is 14.9. The van der Waals surface area contributed by atoms with Gasteiger partial charge in [0.25, 0.3) is 0 Å². The van der Waals surface area contributed by atoms with E-state index in [2.05, 4.69) is 4.90 Å². The summed E-state index contributed by atoms with van der Waals surface area (Å²) in [6.45, 7) is 1.83. The molecule has 1 aliphatic heterocycles. The Bertz CT molecular complexity index is 1190. The van der Waals surface area contributed by atoms with E-state index in [9.17, 15) is 13.7 Å². The molecule has 160 valence electrons. The van der Waals surface area contributed by atoms with Crippen molar-refractivity contribution < 1.29 is 13.2 Å². The van der Waals surface area contributed by atoms with Gasteiger partial charge in [0.05, 0.1) is 23.3 Å². The number of ether oxygens (including phenoxy) is 1. The fourth-order valence-electron chi connectivity index (χ4n) is 3.52. The SMILES string of the molecule is COc1ccc(Cc2csc(N3CCN(S(=O)(=O)c4ccccc4C#N)CC3)n2)cc1. The topological polar surface area (TPSA) is 86.5 Å². The quantitative estimate of drug-likeness (QED) is 0.569. The molecule has 0 amide bonds. The smallest absolute Gasteiger partial charge is 0.244 e. The minimum Gasteiger partial charge on any atom is -0.497 e. The Morgan fingerprint density at radius 2 is 1.81 bits per heavy atom. The molecule has 1 aromatic heterocycles. The Labute approximate surface area is 186 Å². The number of nitrogens with zero attached hydrogens (tertiary/aromatic N) is 4. The summed E-state index contributed by atoms with van der Waals surface area (Å²) >= 11 is 1.57. The number of anilines is 1. The van der Waals surface area contributed by atoms with Crippen molar-refractivity contribution in [3.8, 4) is 11.8 Å². The van der Waals surface area contributed by atoms with Crippen LogP contribution < -0.4 is 9.64 Å². The second-order valence-corrected chi connectivity index (χ2v) is 9.89. The average Bonchev–Trinajstić information content (AvgIpc) is 3.28. The van der Waals surface area contributed by atoms with E-state index in [4.69, 9.17) is 9.72 Å². The van der Waals surface area contributed by atoms with Crippen LogP contribution in [0, 0.1) is 11.3 Å². The summed E-state index contributed by atoms with van der Waals surface area (Å²) in [7, 11) is -2.05. The molecule has 0 N–H and O–H groups in total. The van der Waals surface area contributed by atoms with E-state index >= 15 is 0 Å². The van der Waals surface area contributed by atoms with Gasteiger partial charge in [0.15, 0.2) is 5.13 Å². The number of rotatable bonds is 6. The maximum atomic E-state index is 13.0. The number of hydrogen-bond acceptors (Lipinski definition) is 7. The third-order valence-corrected chi connectivity index (χ3v) is 8.13. The summed E-state index contributed by atoms with van der Waals surface area (Å²) in [5.41, 5.74) is 2.32. The third-order valence-electron chi connectivity index (χ3n) is 5.22. The number of benzene rings is 2. The van der Waals surface area contributed by atoms with Crippen LogP contribution in [0.25, 0.3) is 0 Å². The molecule has 9 heteroatoms. The number of methoxy groups -OCH3 is 1. The number of hydrogen-bond donors (Lipinski definition) is 0. The van der Waals surface area contributed by atoms with Crippen LogP contribution in [0.1, 0.15) is 16.8 Å². The van der Waals surface area contributed by atoms with Gasteiger partial charge in [-0.1, -0.05) is 24.3 Å². The average molecular weight is 455 g/mol. The molecule has 0 unspecified atom stereocenters. The number of thiazole rings is 1. The van der Waals surface area contributed by atoms with Gasteiger partial charge in [0, 0.05) is 38.0 Å². The molecule has 2 aromatic carbocycles. The summed E-state index contributed by atoms with van der Waals surface area (Å²) in [6, 6.07) is 16.2. The Morgan fingerprint density at radius 1 is 1.10 bits per heavy atom. The summed E-state index contributed by atoms with van der Waals surface area (Å²) in [5.74, 6) is 0.827. The molecule has 1 fully saturated rings. The summed E-state index contributed by atoms with van der Waals surface area (Å²) in [6.07, 6.45) is 0.736. The zero-order valence-electron chi connectivity index (χ0n) is 17.1. The largest absolute Gasteiger partial charge is 0.497 e. The lowest BCUT2D eigenvalue weighted by Gasteiger charge is -2.33. The molecule has 0 saturated carbocycles. The van der Waals surface area contributed by atoms with E-state index in [1.165, 1.54) is 16.4 Å². The Morgan fingerprint density at radius 3 is 2.48 bits per heavy atom. The maximum Gasteiger partial charge on any atom is 0.244 e. The first-order valence-corrected chi connectivity index (χ1v) is 12.1. The summed E-state index contributed by atoms with van der Waals surface area (Å²) in [5, 5.41) is 12.2. The highest BCUT2D eigenvalue weighted by atomic mass is 32.2. The number of nitriles is 1. The van der Waals surface area contributed by atoms with Crippen molar-refractivity contribution in [2.75, 3.05) is 38.2 Å². The van der Waals surface area contributed by atoms with E-state index in [-0.39, 0.29) is 10.5 Å². The fourth-order valence-corrected chi connectivity index (χ4v) is 5.96. The van der Waals surface area contributed by atoms with Crippen molar-refractivity contribution in [1.82, 2.24) is 9.29 Å². The van der Waals surface area contributed by atoms with E-state index in [1.54, 1.807) is 30.6 Å². The van der Waals surface area contributed by atoms with Crippen LogP contribution in [0.2, 0.25) is 0 Å². The van der Waals surface area contributed by atoms with E-state index in [0.29, 0.717) is 26.2 Å². The predicted molar refractivity (Wildman–Crippen MR) is 120 cm³/mol. The second kappa shape index (κ2) is 9.06. The molecule has 3 aromatic rings. The van der Waals surface area contributed by atoms with Gasteiger partial charge in [-0.3, -0.25) is 0 Å². The van der Waals surface area contributed by atoms with Crippen molar-refractivity contribution in [2.45, 2.75) is 11.3 Å². The van der Waals surface area contributed by atoms with Gasteiger partial charge >= 0.3 is 0 Å². The van der Waals surface area contributed by atoms with E-state index in [1.807, 2.05) is 35.7 Å². The molecule has 31 heavy (non-hydrogen) atoms. The zero-order chi connectivity index (χ0) is 21.8. The van der Waals surface area contributed by atoms with Crippen molar-refractivity contribution in [2.24, 2.45) is 0 Å². The lowest BCUT2D eigenvalue weighted by Crippen LogP contribution is -2.48. The molecule has 1 aliphatic rings. The molecule has 4 rings (SSSR count). The minimum absolute atomic E-state index is 0.0713. The van der Waals surface area contributed by atoms with Crippen LogP contribution in [0.3, 0.4) is 0 Å². The third kappa shape index (κ3) is 4.56. The van der Waals surface area contributed by atoms with Gasteiger partial charge in [-0.2, -0.15) is 9.57 Å². The van der Waals surface area contributed by atoms with Crippen LogP contribution in [-0.4, -0.2) is 51.0 Å². The van der Waals surface area contributed by atoms with Gasteiger partial charge in [0.1, 0.15) is 11.8 Å². The highest BCUT2D eigenvalue weighted by Crippen LogP contribution is 2.26. The molecular formula is C22H22N4O3S2. The van der Waals surface area contributed by atoms with E-state index < -0.39 is 10.0 Å². The van der Waals surface area contributed by atoms with Gasteiger partial charge in [0.2, 0.25) is 10.0 Å². The monoisotopic (exact) mass is 454 g/mol. The van der Waals surface area contributed by atoms with Crippen molar-refractivity contribution >= 4 is 26.5 Å². The van der Waals surface area contributed by atoms with Crippen LogP contribution in [0.15, 0.2) is 58.8 Å². The Kier molecular flexibility index (Phi) is 6.23. The molecule has 0 bridgehead atoms. The lowest BCUT2D eigenvalue weighted by atomic mass is 10.1. The van der Waals surface area contributed by atoms with Gasteiger partial charge < -0.3 is 9.64 Å². The molecule has 0 aliphatic carbocycles. The molecule has 7 nitrogen and oxygen atoms in total. The van der Waals surface area contributed by atoms with Crippen LogP contribution in [-0.2, 0) is 16.4 Å². The maximum absolute atomic E-state index is 13.0. The van der Waals surface area contributed by atoms with Gasteiger partial charge in [-0.25, -0.2) is 13.4 Å². The fraction of sp³-hybridized carbons (Fsp3) is 0.273. The minimum atomic E-state index is -3.69. The highest BCUT2D eigenvalue weighted by Gasteiger charge is 2.30. The number of aromatic nitrogens is 1. The number of piperazine rings is 1. The molecular weight excluding hydrogens is 432 g/mol. The molecule has 1 saturated heterocycles. The van der Waals surface area contributed by atoms with Crippen LogP contribution >= 0.6 is 11.3 Å². The van der Waals surface area contributed by atoms with Crippen LogP contribution in [0.5, 0.6) is 5.75 Å². The molecule has 0 radical (unpaired) electrons. The molecule has 0 atom stereocenters. The number of sulfonamides is 1. The Balaban J connectivity index is 1.40. The van der Waals surface area contributed by atoms with E-state index in [0.717, 1.165) is 28.6 Å². The first kappa shape index (κ1) is 21.3.